The average Bonchev–Trinajstić information content (AvgIpc) is 2.81. The van der Waals surface area contributed by atoms with Gasteiger partial charge in [0.2, 0.25) is 0 Å². The van der Waals surface area contributed by atoms with Gasteiger partial charge in [-0.25, -0.2) is 0 Å². The third-order valence-electron chi connectivity index (χ3n) is 3.36. The van der Waals surface area contributed by atoms with Gasteiger partial charge in [0.05, 0.1) is 10.7 Å². The summed E-state index contributed by atoms with van der Waals surface area (Å²) in [6, 6.07) is 6.08. The molecule has 2 nitrogen and oxygen atoms in total. The van der Waals surface area contributed by atoms with E-state index in [0.29, 0.717) is 16.6 Å². The van der Waals surface area contributed by atoms with Gasteiger partial charge in [-0.05, 0) is 31.0 Å². The molecule has 16 heavy (non-hydrogen) atoms. The van der Waals surface area contributed by atoms with E-state index in [-0.39, 0.29) is 0 Å². The minimum Gasteiger partial charge on any atom is -0.370 e. The second-order valence-electron chi connectivity index (χ2n) is 4.38. The number of nitrogens with zero attached hydrogens (tertiary/aromatic N) is 1. The standard InChI is InChI=1S/C13H16ClNO/c1-15(11-4-2-3-5-11)13-7-6-10(9-16)8-12(13)14/h6-9,11H,2-5H2,1H3. The molecule has 0 radical (unpaired) electrons. The number of carbonyl (C=O) groups excluding carboxylic acids is 1. The van der Waals surface area contributed by atoms with E-state index in [1.165, 1.54) is 25.7 Å². The van der Waals surface area contributed by atoms with Crippen molar-refractivity contribution in [3.8, 4) is 0 Å². The molecule has 0 N–H and O–H groups in total. The number of aldehydes is 1. The molecule has 1 aliphatic carbocycles. The molecule has 0 atom stereocenters. The van der Waals surface area contributed by atoms with Crippen LogP contribution in [-0.4, -0.2) is 19.4 Å². The molecule has 1 aliphatic rings. The Morgan fingerprint density at radius 1 is 1.38 bits per heavy atom. The summed E-state index contributed by atoms with van der Waals surface area (Å²) in [6.07, 6.45) is 5.91. The summed E-state index contributed by atoms with van der Waals surface area (Å²) in [5.74, 6) is 0. The number of carbonyl (C=O) groups is 1. The number of anilines is 1. The lowest BCUT2D eigenvalue weighted by molar-refractivity contribution is 0.112. The summed E-state index contributed by atoms with van der Waals surface area (Å²) in [4.78, 5) is 12.9. The Kier molecular flexibility index (Phi) is 3.49. The summed E-state index contributed by atoms with van der Waals surface area (Å²) < 4.78 is 0. The van der Waals surface area contributed by atoms with E-state index in [1.54, 1.807) is 6.07 Å². The van der Waals surface area contributed by atoms with E-state index in [1.807, 2.05) is 12.1 Å². The van der Waals surface area contributed by atoms with E-state index in [9.17, 15) is 4.79 Å². The number of halogens is 1. The first-order chi connectivity index (χ1) is 7.72. The molecule has 86 valence electrons. The van der Waals surface area contributed by atoms with Gasteiger partial charge in [0.25, 0.3) is 0 Å². The van der Waals surface area contributed by atoms with Crippen LogP contribution in [0.2, 0.25) is 5.02 Å². The predicted molar refractivity (Wildman–Crippen MR) is 67.5 cm³/mol. The van der Waals surface area contributed by atoms with Crippen molar-refractivity contribution in [2.24, 2.45) is 0 Å². The highest BCUT2D eigenvalue weighted by atomic mass is 35.5. The van der Waals surface area contributed by atoms with Crippen molar-refractivity contribution in [2.75, 3.05) is 11.9 Å². The summed E-state index contributed by atoms with van der Waals surface area (Å²) in [6.45, 7) is 0. The summed E-state index contributed by atoms with van der Waals surface area (Å²) >= 11 is 6.18. The molecule has 1 aromatic rings. The second kappa shape index (κ2) is 4.88. The summed E-state index contributed by atoms with van der Waals surface area (Å²) in [5, 5.41) is 0.666. The topological polar surface area (TPSA) is 20.3 Å². The first kappa shape index (κ1) is 11.5. The van der Waals surface area contributed by atoms with Crippen molar-refractivity contribution in [3.05, 3.63) is 28.8 Å². The number of benzene rings is 1. The van der Waals surface area contributed by atoms with Gasteiger partial charge in [0.1, 0.15) is 6.29 Å². The average molecular weight is 238 g/mol. The molecule has 2 rings (SSSR count). The molecule has 1 saturated carbocycles. The highest BCUT2D eigenvalue weighted by Crippen LogP contribution is 2.31. The molecule has 0 unspecified atom stereocenters. The maximum Gasteiger partial charge on any atom is 0.150 e. The van der Waals surface area contributed by atoms with Crippen molar-refractivity contribution in [1.82, 2.24) is 0 Å². The first-order valence-corrected chi connectivity index (χ1v) is 6.07. The van der Waals surface area contributed by atoms with E-state index in [0.717, 1.165) is 12.0 Å². The Labute approximate surface area is 101 Å². The van der Waals surface area contributed by atoms with Crippen LogP contribution < -0.4 is 4.90 Å². The molecular formula is C13H16ClNO. The van der Waals surface area contributed by atoms with Gasteiger partial charge in [-0.3, -0.25) is 4.79 Å². The molecule has 0 amide bonds. The van der Waals surface area contributed by atoms with Crippen LogP contribution in [0.4, 0.5) is 5.69 Å². The Balaban J connectivity index is 2.22. The van der Waals surface area contributed by atoms with Crippen molar-refractivity contribution in [2.45, 2.75) is 31.7 Å². The Morgan fingerprint density at radius 3 is 2.62 bits per heavy atom. The van der Waals surface area contributed by atoms with E-state index < -0.39 is 0 Å². The van der Waals surface area contributed by atoms with E-state index in [2.05, 4.69) is 11.9 Å². The van der Waals surface area contributed by atoms with Gasteiger partial charge in [0.15, 0.2) is 0 Å². The minimum atomic E-state index is 0.597. The maximum absolute atomic E-state index is 10.6. The van der Waals surface area contributed by atoms with Gasteiger partial charge < -0.3 is 4.90 Å². The number of hydrogen-bond acceptors (Lipinski definition) is 2. The zero-order valence-corrected chi connectivity index (χ0v) is 10.2. The van der Waals surface area contributed by atoms with Crippen LogP contribution in [0.15, 0.2) is 18.2 Å². The van der Waals surface area contributed by atoms with Crippen LogP contribution in [-0.2, 0) is 0 Å². The monoisotopic (exact) mass is 237 g/mol. The highest BCUT2D eigenvalue weighted by molar-refractivity contribution is 6.33. The van der Waals surface area contributed by atoms with Gasteiger partial charge in [-0.1, -0.05) is 24.4 Å². The predicted octanol–water partition coefficient (Wildman–Crippen LogP) is 3.53. The summed E-state index contributed by atoms with van der Waals surface area (Å²) in [7, 11) is 2.08. The molecule has 1 aromatic carbocycles. The zero-order valence-electron chi connectivity index (χ0n) is 9.45. The first-order valence-electron chi connectivity index (χ1n) is 5.70. The number of hydrogen-bond donors (Lipinski definition) is 0. The fraction of sp³-hybridized carbons (Fsp3) is 0.462. The van der Waals surface area contributed by atoms with Crippen LogP contribution >= 0.6 is 11.6 Å². The van der Waals surface area contributed by atoms with Crippen LogP contribution in [0.5, 0.6) is 0 Å². The largest absolute Gasteiger partial charge is 0.370 e. The smallest absolute Gasteiger partial charge is 0.150 e. The Bertz CT molecular complexity index is 386. The minimum absolute atomic E-state index is 0.597. The molecule has 0 aliphatic heterocycles. The Morgan fingerprint density at radius 2 is 2.06 bits per heavy atom. The quantitative estimate of drug-likeness (QED) is 0.750. The van der Waals surface area contributed by atoms with Gasteiger partial charge in [-0.15, -0.1) is 0 Å². The normalized spacial score (nSPS) is 16.4. The van der Waals surface area contributed by atoms with Crippen LogP contribution in [0.25, 0.3) is 0 Å². The van der Waals surface area contributed by atoms with E-state index in [4.69, 9.17) is 11.6 Å². The van der Waals surface area contributed by atoms with Gasteiger partial charge in [-0.2, -0.15) is 0 Å². The van der Waals surface area contributed by atoms with E-state index >= 15 is 0 Å². The molecule has 3 heteroatoms. The lowest BCUT2D eigenvalue weighted by atomic mass is 10.1. The molecule has 0 saturated heterocycles. The van der Waals surface area contributed by atoms with Gasteiger partial charge >= 0.3 is 0 Å². The third kappa shape index (κ3) is 2.22. The van der Waals surface area contributed by atoms with Crippen molar-refractivity contribution < 1.29 is 4.79 Å². The molecule has 1 fully saturated rings. The highest BCUT2D eigenvalue weighted by Gasteiger charge is 2.21. The van der Waals surface area contributed by atoms with Gasteiger partial charge in [0, 0.05) is 18.7 Å². The van der Waals surface area contributed by atoms with Crippen LogP contribution in [0.1, 0.15) is 36.0 Å². The molecule has 0 bridgehead atoms. The van der Waals surface area contributed by atoms with Crippen molar-refractivity contribution in [1.29, 1.82) is 0 Å². The molecule has 0 spiro atoms. The fourth-order valence-corrected chi connectivity index (χ4v) is 2.69. The van der Waals surface area contributed by atoms with Crippen LogP contribution in [0, 0.1) is 0 Å². The Hall–Kier alpha value is -1.02. The van der Waals surface area contributed by atoms with Crippen LogP contribution in [0.3, 0.4) is 0 Å². The molecule has 0 aromatic heterocycles. The van der Waals surface area contributed by atoms with Crippen molar-refractivity contribution in [3.63, 3.8) is 0 Å². The van der Waals surface area contributed by atoms with Crippen molar-refractivity contribution >= 4 is 23.6 Å². The number of rotatable bonds is 3. The maximum atomic E-state index is 10.6. The lowest BCUT2D eigenvalue weighted by Gasteiger charge is -2.27. The summed E-state index contributed by atoms with van der Waals surface area (Å²) in [5.41, 5.74) is 1.66. The SMILES string of the molecule is CN(c1ccc(C=O)cc1Cl)C1CCCC1. The third-order valence-corrected chi connectivity index (χ3v) is 3.66. The zero-order chi connectivity index (χ0) is 11.5. The molecular weight excluding hydrogens is 222 g/mol. The lowest BCUT2D eigenvalue weighted by Crippen LogP contribution is -2.28. The molecule has 0 heterocycles. The second-order valence-corrected chi connectivity index (χ2v) is 4.79. The fourth-order valence-electron chi connectivity index (χ4n) is 2.37.